The number of amides is 3. The molecule has 1 aliphatic rings. The number of methoxy groups -OCH3 is 2. The van der Waals surface area contributed by atoms with Gasteiger partial charge in [0.2, 0.25) is 5.01 Å². The number of likely N-dealkylation sites (tertiary alicyclic amines) is 1. The highest BCUT2D eigenvalue weighted by Crippen LogP contribution is 2.35. The zero-order chi connectivity index (χ0) is 23.4. The van der Waals surface area contributed by atoms with Crippen LogP contribution in [-0.2, 0) is 0 Å². The Morgan fingerprint density at radius 1 is 1.12 bits per heavy atom. The fraction of sp³-hybridized carbons (Fsp3) is 0.273. The summed E-state index contributed by atoms with van der Waals surface area (Å²) < 4.78 is 23.9. The van der Waals surface area contributed by atoms with Crippen LogP contribution in [0.4, 0.5) is 20.6 Å². The lowest BCUT2D eigenvalue weighted by molar-refractivity contribution is 0.102. The van der Waals surface area contributed by atoms with Crippen molar-refractivity contribution in [2.75, 3.05) is 31.4 Å². The van der Waals surface area contributed by atoms with Gasteiger partial charge in [-0.05, 0) is 43.2 Å². The van der Waals surface area contributed by atoms with E-state index >= 15 is 0 Å². The Morgan fingerprint density at radius 3 is 2.73 bits per heavy atom. The molecule has 4 rings (SSSR count). The molecule has 0 radical (unpaired) electrons. The van der Waals surface area contributed by atoms with Gasteiger partial charge in [-0.3, -0.25) is 4.79 Å². The molecule has 0 unspecified atom stereocenters. The van der Waals surface area contributed by atoms with Crippen molar-refractivity contribution in [3.05, 3.63) is 58.3 Å². The lowest BCUT2D eigenvalue weighted by atomic mass is 10.2. The van der Waals surface area contributed by atoms with E-state index in [0.29, 0.717) is 40.8 Å². The Bertz CT molecular complexity index is 1170. The summed E-state index contributed by atoms with van der Waals surface area (Å²) in [7, 11) is 3.06. The van der Waals surface area contributed by atoms with Crippen molar-refractivity contribution in [1.82, 2.24) is 15.1 Å². The van der Waals surface area contributed by atoms with Crippen LogP contribution < -0.4 is 20.1 Å². The molecule has 1 fully saturated rings. The Hall–Kier alpha value is -3.73. The predicted octanol–water partition coefficient (Wildman–Crippen LogP) is 4.32. The number of nitrogens with one attached hydrogen (secondary N) is 2. The molecule has 172 valence electrons. The minimum Gasteiger partial charge on any atom is -0.497 e. The lowest BCUT2D eigenvalue weighted by Crippen LogP contribution is -2.34. The Kier molecular flexibility index (Phi) is 6.68. The molecule has 2 N–H and O–H groups in total. The van der Waals surface area contributed by atoms with E-state index in [1.165, 1.54) is 25.3 Å². The molecular weight excluding hydrogens is 449 g/mol. The number of aromatic nitrogens is 2. The van der Waals surface area contributed by atoms with Crippen LogP contribution >= 0.6 is 11.3 Å². The highest BCUT2D eigenvalue weighted by Gasteiger charge is 2.33. The maximum atomic E-state index is 13.4. The van der Waals surface area contributed by atoms with Crippen LogP contribution in [0.25, 0.3) is 0 Å². The number of rotatable bonds is 6. The van der Waals surface area contributed by atoms with Crippen LogP contribution in [0.1, 0.15) is 33.7 Å². The molecule has 1 aromatic heterocycles. The van der Waals surface area contributed by atoms with Crippen molar-refractivity contribution in [3.8, 4) is 11.5 Å². The van der Waals surface area contributed by atoms with Crippen LogP contribution in [-0.4, -0.2) is 47.8 Å². The molecule has 3 amide bonds. The molecule has 0 bridgehead atoms. The second kappa shape index (κ2) is 9.82. The number of carbonyl (C=O) groups is 2. The summed E-state index contributed by atoms with van der Waals surface area (Å²) in [6.45, 7) is 0.535. The van der Waals surface area contributed by atoms with Crippen molar-refractivity contribution in [3.63, 3.8) is 0 Å². The highest BCUT2D eigenvalue weighted by molar-refractivity contribution is 7.13. The fourth-order valence-corrected chi connectivity index (χ4v) is 4.46. The summed E-state index contributed by atoms with van der Waals surface area (Å²) in [6, 6.07) is 10.1. The third-order valence-electron chi connectivity index (χ3n) is 5.16. The number of halogens is 1. The van der Waals surface area contributed by atoms with Gasteiger partial charge in [0, 0.05) is 18.3 Å². The first-order valence-electron chi connectivity index (χ1n) is 10.2. The van der Waals surface area contributed by atoms with Gasteiger partial charge in [-0.25, -0.2) is 9.18 Å². The maximum absolute atomic E-state index is 13.4. The van der Waals surface area contributed by atoms with Crippen LogP contribution in [0.3, 0.4) is 0 Å². The summed E-state index contributed by atoms with van der Waals surface area (Å²) in [5.74, 6) is 0.153. The number of benzene rings is 2. The van der Waals surface area contributed by atoms with E-state index < -0.39 is 11.7 Å². The van der Waals surface area contributed by atoms with Crippen LogP contribution in [0.15, 0.2) is 42.5 Å². The first kappa shape index (κ1) is 22.5. The van der Waals surface area contributed by atoms with Crippen LogP contribution in [0.2, 0.25) is 0 Å². The minimum absolute atomic E-state index is 0.135. The lowest BCUT2D eigenvalue weighted by Gasteiger charge is -2.23. The van der Waals surface area contributed by atoms with Gasteiger partial charge < -0.3 is 25.0 Å². The van der Waals surface area contributed by atoms with E-state index in [1.54, 1.807) is 36.3 Å². The number of hydrogen-bond donors (Lipinski definition) is 2. The average molecular weight is 472 g/mol. The third kappa shape index (κ3) is 5.03. The summed E-state index contributed by atoms with van der Waals surface area (Å²) >= 11 is 1.11. The quantitative estimate of drug-likeness (QED) is 0.555. The molecule has 0 spiro atoms. The monoisotopic (exact) mass is 471 g/mol. The first-order valence-corrected chi connectivity index (χ1v) is 11.0. The zero-order valence-electron chi connectivity index (χ0n) is 18.0. The maximum Gasteiger partial charge on any atom is 0.322 e. The topological polar surface area (TPSA) is 106 Å². The Labute approximate surface area is 193 Å². The molecule has 9 nitrogen and oxygen atoms in total. The second-order valence-electron chi connectivity index (χ2n) is 7.26. The van der Waals surface area contributed by atoms with Crippen LogP contribution in [0.5, 0.6) is 11.5 Å². The normalized spacial score (nSPS) is 15.2. The standard InChI is InChI=1S/C22H22FN5O4S/c1-31-15-8-9-18(32-2)16(12-15)25-22(30)28-10-4-7-17(28)20-26-27-21(33-20)19(29)24-14-6-3-5-13(23)11-14/h3,5-6,8-9,11-12,17H,4,7,10H2,1-2H3,(H,24,29)(H,25,30)/t17-/m1/s1. The third-order valence-corrected chi connectivity index (χ3v) is 6.19. The Morgan fingerprint density at radius 2 is 1.97 bits per heavy atom. The molecule has 2 aromatic carbocycles. The van der Waals surface area contributed by atoms with Gasteiger partial charge in [-0.15, -0.1) is 10.2 Å². The predicted molar refractivity (Wildman–Crippen MR) is 122 cm³/mol. The molecule has 1 saturated heterocycles. The van der Waals surface area contributed by atoms with Gasteiger partial charge >= 0.3 is 6.03 Å². The minimum atomic E-state index is -0.487. The van der Waals surface area contributed by atoms with Gasteiger partial charge in [0.1, 0.15) is 22.3 Å². The number of anilines is 2. The first-order chi connectivity index (χ1) is 16.0. The number of ether oxygens (including phenoxy) is 2. The Balaban J connectivity index is 1.47. The summed E-state index contributed by atoms with van der Waals surface area (Å²) in [4.78, 5) is 27.2. The van der Waals surface area contributed by atoms with E-state index in [9.17, 15) is 14.0 Å². The van der Waals surface area contributed by atoms with Gasteiger partial charge in [0.25, 0.3) is 5.91 Å². The number of hydrogen-bond acceptors (Lipinski definition) is 7. The molecule has 0 aliphatic carbocycles. The van der Waals surface area contributed by atoms with E-state index in [-0.39, 0.29) is 17.1 Å². The summed E-state index contributed by atoms with van der Waals surface area (Å²) in [6.07, 6.45) is 1.49. The molecule has 3 aromatic rings. The summed E-state index contributed by atoms with van der Waals surface area (Å²) in [5, 5.41) is 14.3. The molecule has 2 heterocycles. The SMILES string of the molecule is COc1ccc(OC)c(NC(=O)N2CCC[C@@H]2c2nnc(C(=O)Nc3cccc(F)c3)s2)c1. The smallest absolute Gasteiger partial charge is 0.322 e. The second-order valence-corrected chi connectivity index (χ2v) is 8.27. The largest absolute Gasteiger partial charge is 0.497 e. The molecule has 1 atom stereocenters. The van der Waals surface area contributed by atoms with E-state index in [2.05, 4.69) is 20.8 Å². The molecular formula is C22H22FN5O4S. The van der Waals surface area contributed by atoms with Crippen molar-refractivity contribution < 1.29 is 23.5 Å². The van der Waals surface area contributed by atoms with E-state index in [4.69, 9.17) is 9.47 Å². The van der Waals surface area contributed by atoms with Crippen molar-refractivity contribution in [2.45, 2.75) is 18.9 Å². The van der Waals surface area contributed by atoms with Crippen molar-refractivity contribution in [2.24, 2.45) is 0 Å². The number of carbonyl (C=O) groups excluding carboxylic acids is 2. The van der Waals surface area contributed by atoms with Gasteiger partial charge in [-0.2, -0.15) is 0 Å². The van der Waals surface area contributed by atoms with Crippen molar-refractivity contribution >= 4 is 34.6 Å². The summed E-state index contributed by atoms with van der Waals surface area (Å²) in [5.41, 5.74) is 0.811. The van der Waals surface area contributed by atoms with Crippen molar-refractivity contribution in [1.29, 1.82) is 0 Å². The molecule has 11 heteroatoms. The van der Waals surface area contributed by atoms with Gasteiger partial charge in [-0.1, -0.05) is 17.4 Å². The van der Waals surface area contributed by atoms with Gasteiger partial charge in [0.15, 0.2) is 0 Å². The van der Waals surface area contributed by atoms with Gasteiger partial charge in [0.05, 0.1) is 25.9 Å². The highest BCUT2D eigenvalue weighted by atomic mass is 32.1. The number of urea groups is 1. The fourth-order valence-electron chi connectivity index (χ4n) is 3.58. The molecule has 0 saturated carbocycles. The average Bonchev–Trinajstić information content (AvgIpc) is 3.48. The van der Waals surface area contributed by atoms with E-state index in [1.807, 2.05) is 0 Å². The van der Waals surface area contributed by atoms with E-state index in [0.717, 1.165) is 17.8 Å². The zero-order valence-corrected chi connectivity index (χ0v) is 18.8. The number of nitrogens with zero attached hydrogens (tertiary/aromatic N) is 3. The molecule has 1 aliphatic heterocycles. The van der Waals surface area contributed by atoms with Crippen LogP contribution in [0, 0.1) is 5.82 Å². The molecule has 33 heavy (non-hydrogen) atoms.